The number of nitrogens with zero attached hydrogens (tertiary/aromatic N) is 4. The predicted octanol–water partition coefficient (Wildman–Crippen LogP) is 3.74. The average molecular weight is 527 g/mol. The SMILES string of the molecule is CCCCOC(=O)c1csc(SCCN2C(=O)CC[C@@H]2CN2CCN(C(=O)OC(C)(C)C)CC2)n1. The van der Waals surface area contributed by atoms with Crippen LogP contribution in [0.1, 0.15) is 63.9 Å². The third-order valence-electron chi connectivity index (χ3n) is 5.93. The van der Waals surface area contributed by atoms with Crippen LogP contribution in [-0.2, 0) is 14.3 Å². The van der Waals surface area contributed by atoms with E-state index in [4.69, 9.17) is 9.47 Å². The summed E-state index contributed by atoms with van der Waals surface area (Å²) in [6.07, 6.45) is 3.01. The van der Waals surface area contributed by atoms with Gasteiger partial charge in [0.2, 0.25) is 5.91 Å². The molecule has 1 aromatic heterocycles. The van der Waals surface area contributed by atoms with Crippen molar-refractivity contribution in [1.29, 1.82) is 0 Å². The van der Waals surface area contributed by atoms with Crippen LogP contribution in [0, 0.1) is 0 Å². The molecular formula is C24H38N4O5S2. The van der Waals surface area contributed by atoms with Gasteiger partial charge in [-0.15, -0.1) is 11.3 Å². The Labute approximate surface area is 216 Å². The number of thiazole rings is 1. The van der Waals surface area contributed by atoms with Crippen LogP contribution in [-0.4, -0.2) is 101 Å². The molecule has 3 heterocycles. The van der Waals surface area contributed by atoms with Gasteiger partial charge in [0.15, 0.2) is 10.0 Å². The molecule has 0 saturated carbocycles. The fourth-order valence-corrected chi connectivity index (χ4v) is 5.86. The van der Waals surface area contributed by atoms with Crippen LogP contribution in [0.15, 0.2) is 9.72 Å². The summed E-state index contributed by atoms with van der Waals surface area (Å²) in [5, 5.41) is 1.73. The molecule has 11 heteroatoms. The molecule has 1 atom stereocenters. The van der Waals surface area contributed by atoms with Gasteiger partial charge in [-0.25, -0.2) is 14.6 Å². The molecular weight excluding hydrogens is 488 g/mol. The van der Waals surface area contributed by atoms with Gasteiger partial charge in [0.1, 0.15) is 5.60 Å². The Hall–Kier alpha value is -1.85. The Morgan fingerprint density at radius 3 is 2.66 bits per heavy atom. The van der Waals surface area contributed by atoms with Gasteiger partial charge < -0.3 is 19.3 Å². The number of likely N-dealkylation sites (tertiary alicyclic amines) is 1. The highest BCUT2D eigenvalue weighted by Gasteiger charge is 2.33. The molecule has 0 bridgehead atoms. The molecule has 0 spiro atoms. The molecule has 9 nitrogen and oxygen atoms in total. The topological polar surface area (TPSA) is 92.3 Å². The minimum atomic E-state index is -0.491. The van der Waals surface area contributed by atoms with Crippen molar-refractivity contribution in [3.63, 3.8) is 0 Å². The van der Waals surface area contributed by atoms with E-state index in [1.54, 1.807) is 22.0 Å². The number of hydrogen-bond acceptors (Lipinski definition) is 9. The van der Waals surface area contributed by atoms with Crippen molar-refractivity contribution in [2.24, 2.45) is 0 Å². The number of rotatable bonds is 10. The molecule has 2 saturated heterocycles. The standard InChI is InChI=1S/C24H38N4O5S2/c1-5-6-14-32-21(30)19-17-35-22(25-19)34-15-13-28-18(7-8-20(28)29)16-26-9-11-27(12-10-26)23(31)33-24(2,3)4/h17-18H,5-16H2,1-4H3/t18-/m1/s1. The largest absolute Gasteiger partial charge is 0.461 e. The number of thioether (sulfide) groups is 1. The Balaban J connectivity index is 1.41. The van der Waals surface area contributed by atoms with Gasteiger partial charge in [-0.1, -0.05) is 25.1 Å². The third kappa shape index (κ3) is 8.64. The van der Waals surface area contributed by atoms with Crippen molar-refractivity contribution in [2.45, 2.75) is 69.4 Å². The van der Waals surface area contributed by atoms with Crippen molar-refractivity contribution in [2.75, 3.05) is 51.6 Å². The maximum atomic E-state index is 12.5. The highest BCUT2D eigenvalue weighted by Crippen LogP contribution is 2.26. The van der Waals surface area contributed by atoms with Crippen LogP contribution >= 0.6 is 23.1 Å². The maximum Gasteiger partial charge on any atom is 0.410 e. The Bertz CT molecular complexity index is 864. The van der Waals surface area contributed by atoms with Crippen molar-refractivity contribution >= 4 is 41.1 Å². The molecule has 1 aromatic rings. The zero-order valence-corrected chi connectivity index (χ0v) is 22.9. The summed E-state index contributed by atoms with van der Waals surface area (Å²) in [7, 11) is 0. The minimum Gasteiger partial charge on any atom is -0.461 e. The number of piperazine rings is 1. The molecule has 0 radical (unpaired) electrons. The number of carbonyl (C=O) groups is 3. The maximum absolute atomic E-state index is 12.5. The number of unbranched alkanes of at least 4 members (excludes halogenated alkanes) is 1. The Kier molecular flexibility index (Phi) is 10.2. The lowest BCUT2D eigenvalue weighted by Crippen LogP contribution is -2.53. The average Bonchev–Trinajstić information content (AvgIpc) is 3.41. The summed E-state index contributed by atoms with van der Waals surface area (Å²) in [4.78, 5) is 47.3. The summed E-state index contributed by atoms with van der Waals surface area (Å²) < 4.78 is 11.5. The first kappa shape index (κ1) is 27.7. The number of ether oxygens (including phenoxy) is 2. The molecule has 0 N–H and O–H groups in total. The van der Waals surface area contributed by atoms with E-state index in [0.717, 1.165) is 49.0 Å². The summed E-state index contributed by atoms with van der Waals surface area (Å²) in [5.41, 5.74) is -0.135. The number of amides is 2. The third-order valence-corrected chi connectivity index (χ3v) is 7.93. The summed E-state index contributed by atoms with van der Waals surface area (Å²) in [6, 6.07) is 0.191. The quantitative estimate of drug-likeness (QED) is 0.259. The number of carbonyl (C=O) groups excluding carboxylic acids is 3. The van der Waals surface area contributed by atoms with Crippen molar-refractivity contribution in [3.8, 4) is 0 Å². The van der Waals surface area contributed by atoms with Crippen molar-refractivity contribution in [3.05, 3.63) is 11.1 Å². The molecule has 2 amide bonds. The highest BCUT2D eigenvalue weighted by atomic mass is 32.2. The van der Waals surface area contributed by atoms with Crippen molar-refractivity contribution < 1.29 is 23.9 Å². The molecule has 2 aliphatic rings. The van der Waals surface area contributed by atoms with E-state index in [1.807, 2.05) is 32.6 Å². The molecule has 0 unspecified atom stereocenters. The van der Waals surface area contributed by atoms with E-state index >= 15 is 0 Å². The first-order valence-corrected chi connectivity index (χ1v) is 14.3. The van der Waals surface area contributed by atoms with E-state index in [9.17, 15) is 14.4 Å². The fraction of sp³-hybridized carbons (Fsp3) is 0.750. The van der Waals surface area contributed by atoms with E-state index < -0.39 is 5.60 Å². The van der Waals surface area contributed by atoms with E-state index in [1.165, 1.54) is 11.3 Å². The van der Waals surface area contributed by atoms with Crippen LogP contribution in [0.5, 0.6) is 0 Å². The van der Waals surface area contributed by atoms with Crippen LogP contribution in [0.3, 0.4) is 0 Å². The first-order chi connectivity index (χ1) is 16.7. The van der Waals surface area contributed by atoms with Crippen LogP contribution in [0.4, 0.5) is 4.79 Å². The number of hydrogen-bond donors (Lipinski definition) is 0. The summed E-state index contributed by atoms with van der Waals surface area (Å²) in [5.74, 6) is 0.553. The lowest BCUT2D eigenvalue weighted by atomic mass is 10.2. The van der Waals surface area contributed by atoms with Gasteiger partial charge in [-0.2, -0.15) is 0 Å². The van der Waals surface area contributed by atoms with Gasteiger partial charge >= 0.3 is 12.1 Å². The van der Waals surface area contributed by atoms with E-state index in [0.29, 0.717) is 38.4 Å². The van der Waals surface area contributed by atoms with E-state index in [-0.39, 0.29) is 24.0 Å². The lowest BCUT2D eigenvalue weighted by molar-refractivity contribution is -0.128. The smallest absolute Gasteiger partial charge is 0.410 e. The van der Waals surface area contributed by atoms with Crippen LogP contribution in [0.25, 0.3) is 0 Å². The summed E-state index contributed by atoms with van der Waals surface area (Å²) >= 11 is 3.00. The number of esters is 1. The summed E-state index contributed by atoms with van der Waals surface area (Å²) in [6.45, 7) is 12.4. The monoisotopic (exact) mass is 526 g/mol. The zero-order valence-electron chi connectivity index (χ0n) is 21.3. The lowest BCUT2D eigenvalue weighted by Gasteiger charge is -2.37. The second kappa shape index (κ2) is 12.9. The predicted molar refractivity (Wildman–Crippen MR) is 137 cm³/mol. The number of aromatic nitrogens is 1. The molecule has 196 valence electrons. The van der Waals surface area contributed by atoms with Crippen LogP contribution < -0.4 is 0 Å². The zero-order chi connectivity index (χ0) is 25.4. The second-order valence-corrected chi connectivity index (χ2v) is 12.1. The molecule has 0 aliphatic carbocycles. The normalized spacial score (nSPS) is 19.3. The molecule has 3 rings (SSSR count). The van der Waals surface area contributed by atoms with Crippen molar-refractivity contribution in [1.82, 2.24) is 19.7 Å². The second-order valence-electron chi connectivity index (χ2n) is 9.88. The molecule has 2 aliphatic heterocycles. The molecule has 35 heavy (non-hydrogen) atoms. The van der Waals surface area contributed by atoms with E-state index in [2.05, 4.69) is 9.88 Å². The minimum absolute atomic E-state index is 0.191. The van der Waals surface area contributed by atoms with Crippen LogP contribution in [0.2, 0.25) is 0 Å². The fourth-order valence-electron chi connectivity index (χ4n) is 4.06. The van der Waals surface area contributed by atoms with Gasteiger partial charge in [-0.3, -0.25) is 9.69 Å². The molecule has 2 fully saturated rings. The molecule has 0 aromatic carbocycles. The van der Waals surface area contributed by atoms with Gasteiger partial charge in [-0.05, 0) is 33.6 Å². The van der Waals surface area contributed by atoms with Gasteiger partial charge in [0.05, 0.1) is 6.61 Å². The highest BCUT2D eigenvalue weighted by molar-refractivity contribution is 8.01. The van der Waals surface area contributed by atoms with Gasteiger partial charge in [0, 0.05) is 62.9 Å². The van der Waals surface area contributed by atoms with Gasteiger partial charge in [0.25, 0.3) is 0 Å². The Morgan fingerprint density at radius 1 is 1.23 bits per heavy atom. The first-order valence-electron chi connectivity index (χ1n) is 12.4. The Morgan fingerprint density at radius 2 is 1.97 bits per heavy atom.